The molecule has 9 heteroatoms. The zero-order valence-electron chi connectivity index (χ0n) is 18.3. The first-order chi connectivity index (χ1) is 14.7. The van der Waals surface area contributed by atoms with Crippen LogP contribution in [0.5, 0.6) is 0 Å². The lowest BCUT2D eigenvalue weighted by Gasteiger charge is -2.33. The minimum Gasteiger partial charge on any atom is -0.379 e. The van der Waals surface area contributed by atoms with E-state index in [1.54, 1.807) is 11.3 Å². The zero-order chi connectivity index (χ0) is 21.2. The Hall–Kier alpha value is -1.97. The maximum Gasteiger partial charge on any atom is 0.226 e. The Morgan fingerprint density at radius 1 is 1.30 bits per heavy atom. The third kappa shape index (κ3) is 6.78. The molecule has 0 aromatic carbocycles. The summed E-state index contributed by atoms with van der Waals surface area (Å²) in [6, 6.07) is 4.61. The zero-order valence-corrected chi connectivity index (χ0v) is 19.1. The number of aryl methyl sites for hydroxylation is 1. The molecule has 0 saturated carbocycles. The van der Waals surface area contributed by atoms with Crippen LogP contribution in [0.1, 0.15) is 55.7 Å². The summed E-state index contributed by atoms with van der Waals surface area (Å²) in [5.41, 5.74) is 0. The van der Waals surface area contributed by atoms with E-state index in [1.165, 1.54) is 4.88 Å². The first-order valence-corrected chi connectivity index (χ1v) is 11.7. The molecule has 1 fully saturated rings. The summed E-state index contributed by atoms with van der Waals surface area (Å²) in [5, 5.41) is 12.9. The summed E-state index contributed by atoms with van der Waals surface area (Å²) in [6.45, 7) is 12.0. The van der Waals surface area contributed by atoms with E-state index in [0.29, 0.717) is 5.89 Å². The third-order valence-electron chi connectivity index (χ3n) is 4.98. The van der Waals surface area contributed by atoms with Crippen molar-refractivity contribution in [2.75, 3.05) is 45.9 Å². The lowest BCUT2D eigenvalue weighted by Crippen LogP contribution is -2.41. The Bertz CT molecular complexity index is 755. The normalized spacial score (nSPS) is 16.7. The van der Waals surface area contributed by atoms with Crippen molar-refractivity contribution in [3.05, 3.63) is 34.1 Å². The van der Waals surface area contributed by atoms with E-state index in [0.717, 1.165) is 70.6 Å². The van der Waals surface area contributed by atoms with Crippen LogP contribution < -0.4 is 10.6 Å². The highest BCUT2D eigenvalue weighted by molar-refractivity contribution is 7.10. The van der Waals surface area contributed by atoms with Crippen LogP contribution in [-0.4, -0.2) is 66.9 Å². The number of aliphatic imine (C=N–C) groups is 1. The number of nitrogens with one attached hydrogen (secondary N) is 2. The van der Waals surface area contributed by atoms with Gasteiger partial charge in [0.2, 0.25) is 5.89 Å². The van der Waals surface area contributed by atoms with Crippen molar-refractivity contribution in [1.82, 2.24) is 25.7 Å². The lowest BCUT2D eigenvalue weighted by molar-refractivity contribution is 0.0186. The van der Waals surface area contributed by atoms with Crippen LogP contribution in [0, 0.1) is 0 Å². The van der Waals surface area contributed by atoms with Crippen molar-refractivity contribution in [1.29, 1.82) is 0 Å². The molecule has 0 spiro atoms. The smallest absolute Gasteiger partial charge is 0.226 e. The van der Waals surface area contributed by atoms with E-state index in [-0.39, 0.29) is 12.0 Å². The number of rotatable bonds is 10. The molecule has 2 aromatic rings. The van der Waals surface area contributed by atoms with Gasteiger partial charge in [0, 0.05) is 43.4 Å². The summed E-state index contributed by atoms with van der Waals surface area (Å²) >= 11 is 1.80. The summed E-state index contributed by atoms with van der Waals surface area (Å²) in [6.07, 6.45) is 1.67. The molecular formula is C21H34N6O2S. The number of ether oxygens (including phenoxy) is 1. The van der Waals surface area contributed by atoms with E-state index < -0.39 is 0 Å². The third-order valence-corrected chi connectivity index (χ3v) is 5.96. The molecule has 1 atom stereocenters. The van der Waals surface area contributed by atoms with Gasteiger partial charge >= 0.3 is 0 Å². The van der Waals surface area contributed by atoms with E-state index >= 15 is 0 Å². The second-order valence-electron chi connectivity index (χ2n) is 7.63. The van der Waals surface area contributed by atoms with Crippen LogP contribution >= 0.6 is 11.3 Å². The van der Waals surface area contributed by atoms with Gasteiger partial charge in [-0.2, -0.15) is 4.98 Å². The average molecular weight is 435 g/mol. The van der Waals surface area contributed by atoms with Gasteiger partial charge in [0.15, 0.2) is 11.8 Å². The SMILES string of the molecule is CCNC(=NCC(c1cccs1)N1CCOCC1)NCCCc1nc(C(C)C)no1. The standard InChI is InChI=1S/C21H34N6O2S/c1-4-22-21(23-9-5-8-19-25-20(16(2)3)26-29-19)24-15-17(18-7-6-14-30-18)27-10-12-28-13-11-27/h6-7,14,16-17H,4-5,8-13,15H2,1-3H3,(H2,22,23,24). The van der Waals surface area contributed by atoms with Crippen molar-refractivity contribution in [3.63, 3.8) is 0 Å². The molecule has 30 heavy (non-hydrogen) atoms. The van der Waals surface area contributed by atoms with E-state index in [4.69, 9.17) is 14.3 Å². The molecule has 2 aromatic heterocycles. The summed E-state index contributed by atoms with van der Waals surface area (Å²) in [7, 11) is 0. The molecule has 1 aliphatic rings. The van der Waals surface area contributed by atoms with Crippen LogP contribution in [0.15, 0.2) is 27.0 Å². The Kier molecular flexibility index (Phi) is 9.10. The molecule has 2 N–H and O–H groups in total. The number of morpholine rings is 1. The predicted molar refractivity (Wildman–Crippen MR) is 120 cm³/mol. The van der Waals surface area contributed by atoms with Gasteiger partial charge in [0.25, 0.3) is 0 Å². The van der Waals surface area contributed by atoms with Crippen molar-refractivity contribution >= 4 is 17.3 Å². The summed E-state index contributed by atoms with van der Waals surface area (Å²) in [5.74, 6) is 2.61. The molecule has 0 aliphatic carbocycles. The number of hydrogen-bond donors (Lipinski definition) is 2. The van der Waals surface area contributed by atoms with Gasteiger partial charge in [-0.05, 0) is 24.8 Å². The Balaban J connectivity index is 1.52. The van der Waals surface area contributed by atoms with Crippen molar-refractivity contribution in [3.8, 4) is 0 Å². The highest BCUT2D eigenvalue weighted by Crippen LogP contribution is 2.26. The molecule has 3 heterocycles. The first kappa shape index (κ1) is 22.7. The first-order valence-electron chi connectivity index (χ1n) is 10.9. The average Bonchev–Trinajstić information content (AvgIpc) is 3.44. The van der Waals surface area contributed by atoms with Gasteiger partial charge in [0.1, 0.15) is 0 Å². The minimum absolute atomic E-state index is 0.288. The Morgan fingerprint density at radius 2 is 2.13 bits per heavy atom. The minimum atomic E-state index is 0.288. The number of aromatic nitrogens is 2. The Labute approximate surface area is 183 Å². The lowest BCUT2D eigenvalue weighted by atomic mass is 10.2. The fraction of sp³-hybridized carbons (Fsp3) is 0.667. The molecule has 1 aliphatic heterocycles. The number of thiophene rings is 1. The Morgan fingerprint density at radius 3 is 2.80 bits per heavy atom. The molecule has 0 amide bonds. The van der Waals surface area contributed by atoms with Gasteiger partial charge in [-0.3, -0.25) is 9.89 Å². The summed E-state index contributed by atoms with van der Waals surface area (Å²) in [4.78, 5) is 13.2. The molecule has 0 radical (unpaired) electrons. The number of guanidine groups is 1. The fourth-order valence-corrected chi connectivity index (χ4v) is 4.18. The highest BCUT2D eigenvalue weighted by atomic mass is 32.1. The van der Waals surface area contributed by atoms with Crippen LogP contribution in [0.3, 0.4) is 0 Å². The van der Waals surface area contributed by atoms with E-state index in [2.05, 4.69) is 64.0 Å². The van der Waals surface area contributed by atoms with Gasteiger partial charge < -0.3 is 19.9 Å². The highest BCUT2D eigenvalue weighted by Gasteiger charge is 2.23. The molecule has 3 rings (SSSR count). The van der Waals surface area contributed by atoms with Crippen LogP contribution in [0.25, 0.3) is 0 Å². The topological polar surface area (TPSA) is 87.8 Å². The van der Waals surface area contributed by atoms with Gasteiger partial charge in [-0.15, -0.1) is 11.3 Å². The van der Waals surface area contributed by atoms with Gasteiger partial charge in [0.05, 0.1) is 25.8 Å². The summed E-state index contributed by atoms with van der Waals surface area (Å²) < 4.78 is 10.9. The quantitative estimate of drug-likeness (QED) is 0.338. The largest absolute Gasteiger partial charge is 0.379 e. The van der Waals surface area contributed by atoms with Gasteiger partial charge in [-0.25, -0.2) is 0 Å². The van der Waals surface area contributed by atoms with E-state index in [9.17, 15) is 0 Å². The molecule has 166 valence electrons. The van der Waals surface area contributed by atoms with Crippen molar-refractivity contribution < 1.29 is 9.26 Å². The van der Waals surface area contributed by atoms with Crippen LogP contribution in [-0.2, 0) is 11.2 Å². The van der Waals surface area contributed by atoms with Crippen molar-refractivity contribution in [2.24, 2.45) is 4.99 Å². The van der Waals surface area contributed by atoms with Crippen molar-refractivity contribution in [2.45, 2.75) is 45.6 Å². The second kappa shape index (κ2) is 12.0. The molecule has 8 nitrogen and oxygen atoms in total. The molecule has 1 unspecified atom stereocenters. The van der Waals surface area contributed by atoms with E-state index in [1.807, 2.05) is 0 Å². The number of hydrogen-bond acceptors (Lipinski definition) is 7. The van der Waals surface area contributed by atoms with Crippen LogP contribution in [0.4, 0.5) is 0 Å². The molecule has 0 bridgehead atoms. The maximum atomic E-state index is 5.53. The fourth-order valence-electron chi connectivity index (χ4n) is 3.33. The molecule has 1 saturated heterocycles. The number of nitrogens with zero attached hydrogens (tertiary/aromatic N) is 4. The predicted octanol–water partition coefficient (Wildman–Crippen LogP) is 2.82. The van der Waals surface area contributed by atoms with Gasteiger partial charge in [-0.1, -0.05) is 25.1 Å². The maximum absolute atomic E-state index is 5.53. The second-order valence-corrected chi connectivity index (χ2v) is 8.61. The molecular weight excluding hydrogens is 400 g/mol. The van der Waals surface area contributed by atoms with Crippen LogP contribution in [0.2, 0.25) is 0 Å². The monoisotopic (exact) mass is 434 g/mol.